The average molecular weight is 631 g/mol. The maximum atomic E-state index is 13.5. The lowest BCUT2D eigenvalue weighted by Gasteiger charge is -2.52. The molecule has 4 heterocycles. The molecule has 4 aromatic rings. The second-order valence-corrected chi connectivity index (χ2v) is 11.5. The fraction of sp³-hybridized carbons (Fsp3) is 0.344. The topological polar surface area (TPSA) is 83.6 Å². The highest BCUT2D eigenvalue weighted by Gasteiger charge is 2.44. The zero-order valence-corrected chi connectivity index (χ0v) is 23.9. The minimum Gasteiger partial charge on any atom is -0.497 e. The number of aromatic nitrogens is 1. The summed E-state index contributed by atoms with van der Waals surface area (Å²) >= 11 is 0. The SMILES string of the molecule is C=CC1CN2CCC1CC2[C@@H](Nc1c(Nc2cc(C(F)(F)F)cc(C(F)(F)F)c2)c(=O)c1=O)c1cncc2ccc(OC)cc12. The smallest absolute Gasteiger partial charge is 0.416 e. The zero-order chi connectivity index (χ0) is 32.3. The van der Waals surface area contributed by atoms with E-state index in [4.69, 9.17) is 4.74 Å². The van der Waals surface area contributed by atoms with Gasteiger partial charge in [-0.2, -0.15) is 26.3 Å². The number of rotatable bonds is 8. The lowest BCUT2D eigenvalue weighted by molar-refractivity contribution is -0.143. The van der Waals surface area contributed by atoms with E-state index < -0.39 is 51.8 Å². The second-order valence-electron chi connectivity index (χ2n) is 11.5. The molecular weight excluding hydrogens is 602 g/mol. The molecule has 0 aliphatic carbocycles. The summed E-state index contributed by atoms with van der Waals surface area (Å²) in [5, 5.41) is 7.12. The van der Waals surface area contributed by atoms with Gasteiger partial charge >= 0.3 is 12.4 Å². The van der Waals surface area contributed by atoms with Crippen LogP contribution in [-0.4, -0.2) is 36.1 Å². The van der Waals surface area contributed by atoms with Gasteiger partial charge in [0.15, 0.2) is 0 Å². The predicted octanol–water partition coefficient (Wildman–Crippen LogP) is 6.67. The number of pyridine rings is 1. The van der Waals surface area contributed by atoms with Crippen LogP contribution in [0.25, 0.3) is 10.8 Å². The van der Waals surface area contributed by atoms with Crippen molar-refractivity contribution in [3.63, 3.8) is 0 Å². The van der Waals surface area contributed by atoms with Crippen molar-refractivity contribution in [1.29, 1.82) is 0 Å². The molecule has 2 N–H and O–H groups in total. The first-order chi connectivity index (χ1) is 21.3. The number of fused-ring (bicyclic) bond motifs is 4. The molecular formula is C32H28F6N4O3. The van der Waals surface area contributed by atoms with Crippen molar-refractivity contribution in [1.82, 2.24) is 9.88 Å². The van der Waals surface area contributed by atoms with Crippen LogP contribution in [0.2, 0.25) is 0 Å². The van der Waals surface area contributed by atoms with Crippen LogP contribution < -0.4 is 26.2 Å². The van der Waals surface area contributed by atoms with E-state index in [1.165, 1.54) is 7.11 Å². The lowest BCUT2D eigenvalue weighted by atomic mass is 9.73. The van der Waals surface area contributed by atoms with Crippen LogP contribution in [0.5, 0.6) is 5.75 Å². The first-order valence-corrected chi connectivity index (χ1v) is 14.2. The Balaban J connectivity index is 1.43. The second kappa shape index (κ2) is 11.2. The van der Waals surface area contributed by atoms with Crippen molar-refractivity contribution in [2.45, 2.75) is 37.3 Å². The van der Waals surface area contributed by atoms with Crippen molar-refractivity contribution in [2.75, 3.05) is 30.8 Å². The summed E-state index contributed by atoms with van der Waals surface area (Å²) in [6, 6.07) is 5.56. The summed E-state index contributed by atoms with van der Waals surface area (Å²) in [5.74, 6) is 1.16. The third-order valence-electron chi connectivity index (χ3n) is 8.94. The van der Waals surface area contributed by atoms with E-state index in [0.29, 0.717) is 29.4 Å². The van der Waals surface area contributed by atoms with Gasteiger partial charge in [0, 0.05) is 41.6 Å². The summed E-state index contributed by atoms with van der Waals surface area (Å²) in [6.07, 6.45) is -3.25. The van der Waals surface area contributed by atoms with E-state index in [0.717, 1.165) is 36.7 Å². The summed E-state index contributed by atoms with van der Waals surface area (Å²) in [7, 11) is 1.53. The van der Waals surface area contributed by atoms with Gasteiger partial charge in [0.2, 0.25) is 0 Å². The van der Waals surface area contributed by atoms with Crippen molar-refractivity contribution < 1.29 is 31.1 Å². The Labute approximate surface area is 253 Å². The average Bonchev–Trinajstić information content (AvgIpc) is 3.03. The van der Waals surface area contributed by atoms with E-state index in [1.54, 1.807) is 18.5 Å². The molecule has 7 nitrogen and oxygen atoms in total. The van der Waals surface area contributed by atoms with Crippen LogP contribution in [0.4, 0.5) is 43.4 Å². The summed E-state index contributed by atoms with van der Waals surface area (Å²) in [4.78, 5) is 32.4. The van der Waals surface area contributed by atoms with E-state index in [-0.39, 0.29) is 23.7 Å². The van der Waals surface area contributed by atoms with Gasteiger partial charge in [-0.1, -0.05) is 6.08 Å². The molecule has 0 amide bonds. The van der Waals surface area contributed by atoms with E-state index in [9.17, 15) is 35.9 Å². The molecule has 1 aromatic heterocycles. The number of methoxy groups -OCH3 is 1. The van der Waals surface area contributed by atoms with Crippen molar-refractivity contribution >= 4 is 27.8 Å². The predicted molar refractivity (Wildman–Crippen MR) is 158 cm³/mol. The number of hydrogen-bond acceptors (Lipinski definition) is 7. The Kier molecular flexibility index (Phi) is 7.62. The fourth-order valence-electron chi connectivity index (χ4n) is 6.62. The first kappa shape index (κ1) is 30.6. The van der Waals surface area contributed by atoms with Gasteiger partial charge < -0.3 is 15.4 Å². The van der Waals surface area contributed by atoms with Crippen LogP contribution in [0.1, 0.15) is 35.6 Å². The maximum absolute atomic E-state index is 13.5. The van der Waals surface area contributed by atoms with Gasteiger partial charge in [0.1, 0.15) is 17.1 Å². The van der Waals surface area contributed by atoms with Gasteiger partial charge in [0.25, 0.3) is 10.9 Å². The molecule has 3 aliphatic heterocycles. The molecule has 0 saturated carbocycles. The normalized spacial score (nSPS) is 22.4. The molecule has 3 saturated heterocycles. The Morgan fingerprint density at radius 1 is 1.00 bits per heavy atom. The van der Waals surface area contributed by atoms with Crippen LogP contribution >= 0.6 is 0 Å². The van der Waals surface area contributed by atoms with E-state index in [1.807, 2.05) is 18.2 Å². The molecule has 3 aromatic carbocycles. The van der Waals surface area contributed by atoms with Gasteiger partial charge in [-0.3, -0.25) is 19.5 Å². The van der Waals surface area contributed by atoms with Gasteiger partial charge in [-0.05, 0) is 73.0 Å². The molecule has 0 radical (unpaired) electrons. The zero-order valence-electron chi connectivity index (χ0n) is 23.9. The molecule has 0 spiro atoms. The van der Waals surface area contributed by atoms with Crippen LogP contribution in [-0.2, 0) is 12.4 Å². The number of alkyl halides is 6. The van der Waals surface area contributed by atoms with Crippen molar-refractivity contribution in [3.8, 4) is 5.75 Å². The Morgan fingerprint density at radius 2 is 1.69 bits per heavy atom. The number of anilines is 3. The number of benzene rings is 2. The fourth-order valence-corrected chi connectivity index (χ4v) is 6.62. The van der Waals surface area contributed by atoms with E-state index in [2.05, 4.69) is 27.1 Å². The molecule has 3 fully saturated rings. The highest BCUT2D eigenvalue weighted by Crippen LogP contribution is 2.44. The van der Waals surface area contributed by atoms with Gasteiger partial charge in [0.05, 0.1) is 24.3 Å². The third kappa shape index (κ3) is 5.65. The molecule has 13 heteroatoms. The summed E-state index contributed by atoms with van der Waals surface area (Å²) in [5.41, 5.74) is -5.67. The summed E-state index contributed by atoms with van der Waals surface area (Å²) in [6.45, 7) is 5.47. The molecule has 3 aliphatic rings. The van der Waals surface area contributed by atoms with Gasteiger partial charge in [-0.25, -0.2) is 0 Å². The number of nitrogens with one attached hydrogen (secondary N) is 2. The van der Waals surface area contributed by atoms with Crippen LogP contribution in [0, 0.1) is 11.8 Å². The molecule has 45 heavy (non-hydrogen) atoms. The number of piperidine rings is 3. The van der Waals surface area contributed by atoms with Crippen molar-refractivity contribution in [3.05, 3.63) is 98.6 Å². The Bertz CT molecular complexity index is 1810. The standard InChI is InChI=1S/C32H28F6N4O3/c1-3-16-15-42-7-6-17(16)8-25(42)26(24-14-39-13-18-4-5-22(45-2)12-23(18)24)41-28-27(29(43)30(28)44)40-21-10-19(31(33,34)35)9-20(11-21)32(36,37)38/h3-5,9-14,16-17,25-26,40-41H,1,6-8,15H2,2H3/t16?,17?,25?,26-/m0/s1. The lowest BCUT2D eigenvalue weighted by Crippen LogP contribution is -2.56. The Hall–Kier alpha value is -4.39. The maximum Gasteiger partial charge on any atom is 0.416 e. The van der Waals surface area contributed by atoms with Gasteiger partial charge in [-0.15, -0.1) is 6.58 Å². The first-order valence-electron chi connectivity index (χ1n) is 14.2. The van der Waals surface area contributed by atoms with Crippen molar-refractivity contribution in [2.24, 2.45) is 11.8 Å². The van der Waals surface area contributed by atoms with E-state index >= 15 is 0 Å². The number of hydrogen-bond donors (Lipinski definition) is 2. The molecule has 4 unspecified atom stereocenters. The number of nitrogens with zero attached hydrogens (tertiary/aromatic N) is 2. The largest absolute Gasteiger partial charge is 0.497 e. The summed E-state index contributed by atoms with van der Waals surface area (Å²) < 4.78 is 86.4. The number of halogens is 6. The molecule has 2 bridgehead atoms. The third-order valence-corrected chi connectivity index (χ3v) is 8.94. The molecule has 7 rings (SSSR count). The minimum absolute atomic E-state index is 0.00659. The van der Waals surface area contributed by atoms with Crippen LogP contribution in [0.3, 0.4) is 0 Å². The highest BCUT2D eigenvalue weighted by molar-refractivity contribution is 5.87. The molecule has 5 atom stereocenters. The monoisotopic (exact) mass is 630 g/mol. The Morgan fingerprint density at radius 3 is 2.29 bits per heavy atom. The van der Waals surface area contributed by atoms with Crippen LogP contribution in [0.15, 0.2) is 71.0 Å². The minimum atomic E-state index is -5.09. The molecule has 236 valence electrons. The quantitative estimate of drug-likeness (QED) is 0.128. The highest BCUT2D eigenvalue weighted by atomic mass is 19.4. The number of ether oxygens (including phenoxy) is 1.